The molecule has 154 valence electrons. The first kappa shape index (κ1) is 21.1. The molecule has 0 unspecified atom stereocenters. The molecule has 1 aliphatic heterocycles. The van der Waals surface area contributed by atoms with Crippen molar-refractivity contribution in [3.63, 3.8) is 0 Å². The molecule has 1 aliphatic rings. The summed E-state index contributed by atoms with van der Waals surface area (Å²) in [6.07, 6.45) is 1.05. The van der Waals surface area contributed by atoms with Crippen molar-refractivity contribution in [2.75, 3.05) is 24.4 Å². The fourth-order valence-electron chi connectivity index (χ4n) is 3.30. The van der Waals surface area contributed by atoms with E-state index in [1.54, 1.807) is 29.2 Å². The number of nitrogens with two attached hydrogens (primary N) is 1. The molecule has 9 heteroatoms. The minimum atomic E-state index is -3.74. The molecular weight excluding hydrogens is 414 g/mol. The SMILES string of the molecule is CN(c1ccc(C(=O)N2CCC(C(N)=O)CC2)c(Cl)c1)S(=O)(=O)c1ccccc1. The van der Waals surface area contributed by atoms with Crippen molar-refractivity contribution in [1.82, 2.24) is 4.90 Å². The number of hydrogen-bond acceptors (Lipinski definition) is 4. The summed E-state index contributed by atoms with van der Waals surface area (Å²) in [6.45, 7) is 0.847. The van der Waals surface area contributed by atoms with Crippen LogP contribution in [0.25, 0.3) is 0 Å². The molecule has 0 bridgehead atoms. The van der Waals surface area contributed by atoms with Crippen LogP contribution in [-0.2, 0) is 14.8 Å². The lowest BCUT2D eigenvalue weighted by Crippen LogP contribution is -2.41. The number of anilines is 1. The Hall–Kier alpha value is -2.58. The molecule has 29 heavy (non-hydrogen) atoms. The number of amides is 2. The van der Waals surface area contributed by atoms with Gasteiger partial charge in [0.1, 0.15) is 0 Å². The summed E-state index contributed by atoms with van der Waals surface area (Å²) in [5.41, 5.74) is 5.97. The second kappa shape index (κ2) is 8.42. The highest BCUT2D eigenvalue weighted by atomic mass is 35.5. The first-order chi connectivity index (χ1) is 13.7. The van der Waals surface area contributed by atoms with Crippen LogP contribution in [0, 0.1) is 5.92 Å². The highest BCUT2D eigenvalue weighted by Crippen LogP contribution is 2.29. The van der Waals surface area contributed by atoms with Crippen LogP contribution in [0.5, 0.6) is 0 Å². The number of sulfonamides is 1. The van der Waals surface area contributed by atoms with Gasteiger partial charge in [0, 0.05) is 26.1 Å². The Morgan fingerprint density at radius 3 is 2.28 bits per heavy atom. The maximum Gasteiger partial charge on any atom is 0.264 e. The number of carbonyl (C=O) groups is 2. The van der Waals surface area contributed by atoms with Gasteiger partial charge in [-0.25, -0.2) is 8.42 Å². The molecular formula is C20H22ClN3O4S. The molecule has 3 rings (SSSR count). The van der Waals surface area contributed by atoms with E-state index in [0.717, 1.165) is 4.31 Å². The van der Waals surface area contributed by atoms with Gasteiger partial charge in [0.15, 0.2) is 0 Å². The quantitative estimate of drug-likeness (QED) is 0.779. The van der Waals surface area contributed by atoms with Crippen molar-refractivity contribution >= 4 is 39.1 Å². The highest BCUT2D eigenvalue weighted by molar-refractivity contribution is 7.92. The fourth-order valence-corrected chi connectivity index (χ4v) is 4.76. The molecule has 0 aromatic heterocycles. The molecule has 2 amide bonds. The molecule has 1 saturated heterocycles. The Balaban J connectivity index is 1.78. The Morgan fingerprint density at radius 1 is 1.10 bits per heavy atom. The van der Waals surface area contributed by atoms with E-state index in [0.29, 0.717) is 37.2 Å². The van der Waals surface area contributed by atoms with E-state index in [4.69, 9.17) is 17.3 Å². The standard InChI is InChI=1S/C20H22ClN3O4S/c1-23(29(27,28)16-5-3-2-4-6-16)15-7-8-17(18(21)13-15)20(26)24-11-9-14(10-12-24)19(22)25/h2-8,13-14H,9-12H2,1H3,(H2,22,25). The zero-order valence-corrected chi connectivity index (χ0v) is 17.5. The van der Waals surface area contributed by atoms with E-state index in [9.17, 15) is 18.0 Å². The van der Waals surface area contributed by atoms with Crippen LogP contribution >= 0.6 is 11.6 Å². The number of benzene rings is 2. The maximum atomic E-state index is 12.8. The van der Waals surface area contributed by atoms with Crippen molar-refractivity contribution in [2.45, 2.75) is 17.7 Å². The van der Waals surface area contributed by atoms with Gasteiger partial charge in [-0.1, -0.05) is 29.8 Å². The summed E-state index contributed by atoms with van der Waals surface area (Å²) < 4.78 is 26.7. The lowest BCUT2D eigenvalue weighted by molar-refractivity contribution is -0.123. The minimum absolute atomic E-state index is 0.163. The van der Waals surface area contributed by atoms with Gasteiger partial charge in [0.2, 0.25) is 5.91 Å². The van der Waals surface area contributed by atoms with Crippen LogP contribution < -0.4 is 10.0 Å². The lowest BCUT2D eigenvalue weighted by atomic mass is 9.96. The van der Waals surface area contributed by atoms with E-state index in [1.807, 2.05) is 0 Å². The van der Waals surface area contributed by atoms with E-state index in [2.05, 4.69) is 0 Å². The van der Waals surface area contributed by atoms with Crippen molar-refractivity contribution in [2.24, 2.45) is 11.7 Å². The molecule has 0 radical (unpaired) electrons. The van der Waals surface area contributed by atoms with Gasteiger partial charge in [-0.2, -0.15) is 0 Å². The number of rotatable bonds is 5. The Kier molecular flexibility index (Phi) is 6.14. The van der Waals surface area contributed by atoms with Gasteiger partial charge in [-0.15, -0.1) is 0 Å². The normalized spacial score (nSPS) is 15.2. The van der Waals surface area contributed by atoms with Crippen LogP contribution in [0.3, 0.4) is 0 Å². The molecule has 0 spiro atoms. The maximum absolute atomic E-state index is 12.8. The summed E-state index contributed by atoms with van der Waals surface area (Å²) in [6, 6.07) is 12.6. The van der Waals surface area contributed by atoms with Crippen LogP contribution in [0.15, 0.2) is 53.4 Å². The van der Waals surface area contributed by atoms with Gasteiger partial charge >= 0.3 is 0 Å². The predicted octanol–water partition coefficient (Wildman–Crippen LogP) is 2.50. The smallest absolute Gasteiger partial charge is 0.264 e. The molecule has 7 nitrogen and oxygen atoms in total. The second-order valence-electron chi connectivity index (χ2n) is 6.92. The molecule has 1 fully saturated rings. The van der Waals surface area contributed by atoms with Crippen LogP contribution in [-0.4, -0.2) is 45.3 Å². The Labute approximate surface area is 175 Å². The van der Waals surface area contributed by atoms with Crippen LogP contribution in [0.2, 0.25) is 5.02 Å². The fraction of sp³-hybridized carbons (Fsp3) is 0.300. The van der Waals surface area contributed by atoms with Crippen molar-refractivity contribution in [3.05, 3.63) is 59.1 Å². The van der Waals surface area contributed by atoms with Crippen molar-refractivity contribution < 1.29 is 18.0 Å². The number of halogens is 1. The second-order valence-corrected chi connectivity index (χ2v) is 9.30. The summed E-state index contributed by atoms with van der Waals surface area (Å²) in [7, 11) is -2.31. The zero-order valence-electron chi connectivity index (χ0n) is 15.9. The number of hydrogen-bond donors (Lipinski definition) is 1. The topological polar surface area (TPSA) is 101 Å². The molecule has 2 aromatic carbocycles. The molecule has 1 heterocycles. The Bertz CT molecular complexity index is 1020. The van der Waals surface area contributed by atoms with Gasteiger partial charge < -0.3 is 10.6 Å². The molecule has 2 N–H and O–H groups in total. The average molecular weight is 436 g/mol. The van der Waals surface area contributed by atoms with Crippen molar-refractivity contribution in [1.29, 1.82) is 0 Å². The van der Waals surface area contributed by atoms with Crippen LogP contribution in [0.4, 0.5) is 5.69 Å². The van der Waals surface area contributed by atoms with Crippen molar-refractivity contribution in [3.8, 4) is 0 Å². The van der Waals surface area contributed by atoms with Gasteiger partial charge in [0.25, 0.3) is 15.9 Å². The third-order valence-electron chi connectivity index (χ3n) is 5.13. The van der Waals surface area contributed by atoms with Gasteiger partial charge in [0.05, 0.1) is 21.2 Å². The highest BCUT2D eigenvalue weighted by Gasteiger charge is 2.28. The van der Waals surface area contributed by atoms with E-state index in [1.165, 1.54) is 31.3 Å². The van der Waals surface area contributed by atoms with Crippen LogP contribution in [0.1, 0.15) is 23.2 Å². The summed E-state index contributed by atoms with van der Waals surface area (Å²) in [4.78, 5) is 25.9. The molecule has 2 aromatic rings. The molecule has 0 saturated carbocycles. The zero-order chi connectivity index (χ0) is 21.2. The first-order valence-electron chi connectivity index (χ1n) is 9.14. The number of piperidine rings is 1. The predicted molar refractivity (Wildman–Crippen MR) is 111 cm³/mol. The van der Waals surface area contributed by atoms with Gasteiger partial charge in [-0.05, 0) is 43.2 Å². The number of primary amides is 1. The minimum Gasteiger partial charge on any atom is -0.369 e. The summed E-state index contributed by atoms with van der Waals surface area (Å²) in [5, 5.41) is 0.166. The average Bonchev–Trinajstić information content (AvgIpc) is 2.73. The number of likely N-dealkylation sites (tertiary alicyclic amines) is 1. The lowest BCUT2D eigenvalue weighted by Gasteiger charge is -2.31. The van der Waals surface area contributed by atoms with E-state index in [-0.39, 0.29) is 27.7 Å². The molecule has 0 atom stereocenters. The monoisotopic (exact) mass is 435 g/mol. The van der Waals surface area contributed by atoms with E-state index < -0.39 is 10.0 Å². The summed E-state index contributed by atoms with van der Waals surface area (Å²) in [5.74, 6) is -0.811. The van der Waals surface area contributed by atoms with E-state index >= 15 is 0 Å². The third kappa shape index (κ3) is 4.38. The Morgan fingerprint density at radius 2 is 1.72 bits per heavy atom. The molecule has 0 aliphatic carbocycles. The number of nitrogens with zero attached hydrogens (tertiary/aromatic N) is 2. The van der Waals surface area contributed by atoms with Gasteiger partial charge in [-0.3, -0.25) is 13.9 Å². The first-order valence-corrected chi connectivity index (χ1v) is 11.0. The number of carbonyl (C=O) groups excluding carboxylic acids is 2. The third-order valence-corrected chi connectivity index (χ3v) is 7.25. The largest absolute Gasteiger partial charge is 0.369 e. The summed E-state index contributed by atoms with van der Waals surface area (Å²) >= 11 is 6.32.